The molecule has 7 heterocycles. The average molecular weight is 1500 g/mol. The van der Waals surface area contributed by atoms with Crippen molar-refractivity contribution in [1.29, 1.82) is 0 Å². The number of nitrogens with one attached hydrogen (secondary N) is 4. The van der Waals surface area contributed by atoms with Crippen LogP contribution in [-0.2, 0) is 77.2 Å². The molecule has 15 rings (SSSR count). The number of hydrogen-bond donors (Lipinski definition) is 8. The molecular weight excluding hydrogens is 1390 g/mol. The van der Waals surface area contributed by atoms with E-state index in [4.69, 9.17) is 28.8 Å². The van der Waals surface area contributed by atoms with E-state index in [-0.39, 0.29) is 79.1 Å². The van der Waals surface area contributed by atoms with E-state index in [1.165, 1.54) is 4.90 Å². The molecule has 4 unspecified atom stereocenters. The Morgan fingerprint density at radius 1 is 0.519 bits per heavy atom. The van der Waals surface area contributed by atoms with Gasteiger partial charge >= 0.3 is 33.5 Å². The number of nitrogens with zero attached hydrogens (tertiary/aromatic N) is 4. The summed E-state index contributed by atoms with van der Waals surface area (Å²) >= 11 is 0. The molecule has 5 aromatic rings. The summed E-state index contributed by atoms with van der Waals surface area (Å²) in [6, 6.07) is 41.9. The minimum absolute atomic E-state index is 0. The fourth-order valence-corrected chi connectivity index (χ4v) is 17.8. The second-order valence-corrected chi connectivity index (χ2v) is 32.0. The Hall–Kier alpha value is -7.32. The van der Waals surface area contributed by atoms with Crippen LogP contribution >= 0.6 is 12.4 Å². The van der Waals surface area contributed by atoms with Crippen LogP contribution in [0, 0.1) is 17.3 Å². The van der Waals surface area contributed by atoms with Crippen molar-refractivity contribution in [2.75, 3.05) is 13.1 Å². The highest BCUT2D eigenvalue weighted by Gasteiger charge is 2.68. The average Bonchev–Trinajstić information content (AvgIpc) is 1.38. The summed E-state index contributed by atoms with van der Waals surface area (Å²) in [6.07, 6.45) is 17.2. The summed E-state index contributed by atoms with van der Waals surface area (Å²) in [6.45, 7) is 10.1. The van der Waals surface area contributed by atoms with E-state index in [0.29, 0.717) is 75.8 Å². The van der Waals surface area contributed by atoms with Gasteiger partial charge in [-0.25, -0.2) is 9.59 Å². The first-order valence-corrected chi connectivity index (χ1v) is 39.7. The first-order valence-electron chi connectivity index (χ1n) is 39.7. The third kappa shape index (κ3) is 20.6. The van der Waals surface area contributed by atoms with Gasteiger partial charge in [0.15, 0.2) is 0 Å². The molecule has 2 bridgehead atoms. The van der Waals surface area contributed by atoms with Crippen LogP contribution in [0.25, 0.3) is 0 Å². The Balaban J connectivity index is 0.000000194. The lowest BCUT2D eigenvalue weighted by Crippen LogP contribution is -2.65. The summed E-state index contributed by atoms with van der Waals surface area (Å²) in [5.41, 5.74) is 6.90. The maximum absolute atomic E-state index is 14.7. The lowest BCUT2D eigenvalue weighted by atomic mass is 9.43. The molecule has 3 saturated carbocycles. The lowest BCUT2D eigenvalue weighted by Gasteiger charge is -2.64. The second kappa shape index (κ2) is 38.6. The van der Waals surface area contributed by atoms with E-state index in [2.05, 4.69) is 54.2 Å². The van der Waals surface area contributed by atoms with Crippen molar-refractivity contribution >= 4 is 75.0 Å². The fourth-order valence-electron chi connectivity index (χ4n) is 17.8. The normalized spacial score (nSPS) is 28.1. The molecule has 3 aliphatic carbocycles. The molecule has 22 nitrogen and oxygen atoms in total. The van der Waals surface area contributed by atoms with Gasteiger partial charge in [0, 0.05) is 52.1 Å². The summed E-state index contributed by atoms with van der Waals surface area (Å²) < 4.78 is 25.7. The number of fused-ring (bicyclic) bond motifs is 4. The van der Waals surface area contributed by atoms with Gasteiger partial charge in [-0.2, -0.15) is 0 Å². The Morgan fingerprint density at radius 3 is 1.33 bits per heavy atom. The SMILES string of the molecule is CC1(C)C2CC3OB([C@@H]4CCCCCCCCC[C@H](NCc5ccccc5)C(=O)N5C[C@H](OC(=O)N6Cc7ccccc7C6)C[C@H]5C(=O)N4)OC3(C)C1C2.Cl.O=C1N[C@H](B(O)O)CCCCCCCCC[C@H](NCc2ccccc2)C(=O)N2C[C@H](OC(=O)N3Cc4ccccc4C3)C[C@@H]12.OB(O)c1ccccc1. The molecule has 580 valence electrons. The molecular formula is C82H112B3ClN8O14. The van der Waals surface area contributed by atoms with E-state index in [9.17, 15) is 38.8 Å². The summed E-state index contributed by atoms with van der Waals surface area (Å²) in [7, 11) is -3.60. The molecule has 0 aromatic heterocycles. The molecule has 5 saturated heterocycles. The smallest absolute Gasteiger partial charge is 0.444 e. The van der Waals surface area contributed by atoms with Crippen LogP contribution in [0.3, 0.4) is 0 Å². The number of benzene rings is 5. The summed E-state index contributed by atoms with van der Waals surface area (Å²) in [5, 5.41) is 50.4. The van der Waals surface area contributed by atoms with E-state index in [0.717, 1.165) is 143 Å². The van der Waals surface area contributed by atoms with Crippen molar-refractivity contribution in [1.82, 2.24) is 40.9 Å². The number of halogens is 1. The molecule has 8 fully saturated rings. The van der Waals surface area contributed by atoms with Gasteiger partial charge in [-0.3, -0.25) is 29.0 Å². The molecule has 0 radical (unpaired) electrons. The summed E-state index contributed by atoms with van der Waals surface area (Å²) in [5.74, 6) is -1.15. The van der Waals surface area contributed by atoms with Crippen molar-refractivity contribution < 1.29 is 67.6 Å². The Kier molecular flexibility index (Phi) is 29.2. The maximum Gasteiger partial charge on any atom is 0.488 e. The zero-order valence-corrected chi connectivity index (χ0v) is 64.0. The highest BCUT2D eigenvalue weighted by Crippen LogP contribution is 2.66. The quantitative estimate of drug-likeness (QED) is 0.0571. The van der Waals surface area contributed by atoms with E-state index in [1.807, 2.05) is 103 Å². The third-order valence-electron chi connectivity index (χ3n) is 24.2. The van der Waals surface area contributed by atoms with Gasteiger partial charge in [-0.1, -0.05) is 243 Å². The number of carbonyl (C=O) groups excluding carboxylic acids is 6. The first kappa shape index (κ1) is 81.7. The monoisotopic (exact) mass is 1500 g/mol. The second-order valence-electron chi connectivity index (χ2n) is 32.0. The molecule has 12 atom stereocenters. The molecule has 6 amide bonds. The van der Waals surface area contributed by atoms with Gasteiger partial charge in [-0.05, 0) is 102 Å². The number of amides is 6. The van der Waals surface area contributed by atoms with Crippen LogP contribution in [0.1, 0.15) is 195 Å². The van der Waals surface area contributed by atoms with Gasteiger partial charge in [0.25, 0.3) is 0 Å². The van der Waals surface area contributed by atoms with Crippen LogP contribution in [0.5, 0.6) is 0 Å². The standard InChI is InChI=1S/C43H59BN4O6.C33H45BN4O6.C6H7BO2.ClH/c1-42(2)32-22-36(42)43(3)37(23-32)53-44(54-43)38-21-13-8-6-4-5-7-12-20-34(45-25-29-16-10-9-11-17-29)40(50)48-28-33(24-35(48)39(49)46-38)52-41(51)47-26-30-18-14-15-19-31(30)27-47;39-31-29-19-27(44-33(41)37-21-25-15-11-12-16-26(25)22-37)23-38(29)32(40)28(35-20-24-13-7-6-8-14-24)17-9-4-2-1-3-5-10-18-30(36-31)34(42)43;8-7(9)6-4-2-1-3-5-6;/h9-11,14-19,32-38,45H,4-8,12-13,20-28H2,1-3H3,(H,46,49);6-8,11-16,27-30,35,42-43H,1-5,9-10,17-23H2,(H,36,39);1-5,8-9H;1H/t32?,33-,34+,35+,36?,37?,38+,43?;27-,28+,29+,30+;;/m11../s1. The van der Waals surface area contributed by atoms with Crippen molar-refractivity contribution in [3.05, 3.63) is 173 Å². The molecule has 8 N–H and O–H groups in total. The van der Waals surface area contributed by atoms with Gasteiger partial charge < -0.3 is 69.9 Å². The minimum atomic E-state index is -1.71. The highest BCUT2D eigenvalue weighted by atomic mass is 35.5. The minimum Gasteiger partial charge on any atom is -0.444 e. The Bertz CT molecular complexity index is 3720. The lowest BCUT2D eigenvalue weighted by molar-refractivity contribution is -0.199. The van der Waals surface area contributed by atoms with Crippen molar-refractivity contribution in [2.24, 2.45) is 17.3 Å². The highest BCUT2D eigenvalue weighted by molar-refractivity contribution is 6.58. The van der Waals surface area contributed by atoms with E-state index < -0.39 is 81.8 Å². The predicted molar refractivity (Wildman–Crippen MR) is 417 cm³/mol. The van der Waals surface area contributed by atoms with Gasteiger partial charge in [0.05, 0.1) is 48.8 Å². The van der Waals surface area contributed by atoms with Crippen molar-refractivity contribution in [2.45, 2.75) is 261 Å². The van der Waals surface area contributed by atoms with E-state index >= 15 is 0 Å². The number of hydrogen-bond acceptors (Lipinski definition) is 16. The zero-order chi connectivity index (χ0) is 75.0. The Labute approximate surface area is 644 Å². The van der Waals surface area contributed by atoms with Crippen LogP contribution in [0.2, 0.25) is 0 Å². The van der Waals surface area contributed by atoms with Crippen molar-refractivity contribution in [3.63, 3.8) is 0 Å². The van der Waals surface area contributed by atoms with Gasteiger partial charge in [0.2, 0.25) is 23.6 Å². The number of rotatable bonds is 11. The molecule has 7 aliphatic heterocycles. The molecule has 108 heavy (non-hydrogen) atoms. The molecule has 0 spiro atoms. The van der Waals surface area contributed by atoms with Crippen LogP contribution in [0.4, 0.5) is 9.59 Å². The molecule has 26 heteroatoms. The van der Waals surface area contributed by atoms with E-state index in [1.54, 1.807) is 39.0 Å². The maximum atomic E-state index is 14.7. The zero-order valence-electron chi connectivity index (χ0n) is 63.1. The third-order valence-corrected chi connectivity index (χ3v) is 24.2. The summed E-state index contributed by atoms with van der Waals surface area (Å²) in [4.78, 5) is 90.4. The number of ether oxygens (including phenoxy) is 2. The fraction of sp³-hybridized carbons (Fsp3) is 0.561. The number of carbonyl (C=O) groups is 6. The van der Waals surface area contributed by atoms with Crippen LogP contribution in [0.15, 0.2) is 140 Å². The van der Waals surface area contributed by atoms with Gasteiger partial charge in [0.1, 0.15) is 24.3 Å². The van der Waals surface area contributed by atoms with Crippen LogP contribution in [-0.4, -0.2) is 170 Å². The molecule has 5 aromatic carbocycles. The van der Waals surface area contributed by atoms with Crippen LogP contribution < -0.4 is 26.7 Å². The molecule has 10 aliphatic rings. The largest absolute Gasteiger partial charge is 0.488 e. The first-order chi connectivity index (χ1) is 51.8. The predicted octanol–water partition coefficient (Wildman–Crippen LogP) is 9.62. The Morgan fingerprint density at radius 2 is 0.917 bits per heavy atom. The topological polar surface area (TPSA) is 281 Å². The van der Waals surface area contributed by atoms with Gasteiger partial charge in [-0.15, -0.1) is 12.4 Å². The van der Waals surface area contributed by atoms with Crippen molar-refractivity contribution in [3.8, 4) is 0 Å².